The molecule has 1 fully saturated rings. The number of carboxylic acid groups (broad SMARTS) is 1. The Bertz CT molecular complexity index is 1360. The van der Waals surface area contributed by atoms with E-state index in [0.717, 1.165) is 43.2 Å². The molecule has 2 aromatic carbocycles. The van der Waals surface area contributed by atoms with Gasteiger partial charge in [0, 0.05) is 12.5 Å². The number of hydrogen-bond acceptors (Lipinski definition) is 7. The van der Waals surface area contributed by atoms with E-state index >= 15 is 0 Å². The molecule has 10 heteroatoms. The molecule has 2 aromatic rings. The second-order valence-electron chi connectivity index (χ2n) is 11.0. The number of aliphatic hydroxyl groups excluding tert-OH is 1. The summed E-state index contributed by atoms with van der Waals surface area (Å²) in [4.78, 5) is 25.0. The molecule has 3 atom stereocenters. The molecular formula is C32H40N2O7S. The number of aliphatic carboxylic acids is 1. The van der Waals surface area contributed by atoms with Gasteiger partial charge in [0.2, 0.25) is 10.0 Å². The van der Waals surface area contributed by atoms with Gasteiger partial charge in [0.25, 0.3) is 5.91 Å². The molecule has 4 rings (SSSR count). The van der Waals surface area contributed by atoms with Crippen LogP contribution in [0.15, 0.2) is 84.7 Å². The summed E-state index contributed by atoms with van der Waals surface area (Å²) in [7, 11) is -4.22. The topological polar surface area (TPSA) is 142 Å². The van der Waals surface area contributed by atoms with E-state index < -0.39 is 45.6 Å². The zero-order valence-electron chi connectivity index (χ0n) is 23.7. The summed E-state index contributed by atoms with van der Waals surface area (Å²) in [5, 5.41) is 22.8. The lowest BCUT2D eigenvalue weighted by molar-refractivity contribution is -0.136. The minimum Gasteiger partial charge on any atom is -0.494 e. The predicted molar refractivity (Wildman–Crippen MR) is 160 cm³/mol. The average Bonchev–Trinajstić information content (AvgIpc) is 3.00. The molecule has 1 saturated carbocycles. The first-order chi connectivity index (χ1) is 20.2. The molecule has 0 spiro atoms. The van der Waals surface area contributed by atoms with Crippen molar-refractivity contribution >= 4 is 21.9 Å². The van der Waals surface area contributed by atoms with Crippen molar-refractivity contribution in [3.63, 3.8) is 0 Å². The molecule has 1 amide bonds. The Balaban J connectivity index is 1.61. The first kappa shape index (κ1) is 31.5. The van der Waals surface area contributed by atoms with Crippen LogP contribution in [-0.2, 0) is 24.3 Å². The van der Waals surface area contributed by atoms with E-state index in [4.69, 9.17) is 9.84 Å². The van der Waals surface area contributed by atoms with Crippen molar-refractivity contribution < 1.29 is 33.0 Å². The second kappa shape index (κ2) is 14.6. The van der Waals surface area contributed by atoms with E-state index in [9.17, 15) is 23.1 Å². The van der Waals surface area contributed by atoms with Crippen LogP contribution in [-0.4, -0.2) is 55.5 Å². The molecule has 9 nitrogen and oxygen atoms in total. The highest BCUT2D eigenvalue weighted by Gasteiger charge is 2.45. The number of amides is 1. The van der Waals surface area contributed by atoms with E-state index in [-0.39, 0.29) is 31.5 Å². The lowest BCUT2D eigenvalue weighted by Crippen LogP contribution is -2.48. The molecule has 0 bridgehead atoms. The van der Waals surface area contributed by atoms with Crippen molar-refractivity contribution in [2.45, 2.75) is 63.1 Å². The van der Waals surface area contributed by atoms with Gasteiger partial charge < -0.3 is 20.3 Å². The van der Waals surface area contributed by atoms with Crippen molar-refractivity contribution in [2.24, 2.45) is 5.41 Å². The molecule has 0 radical (unpaired) electrons. The van der Waals surface area contributed by atoms with Gasteiger partial charge in [-0.1, -0.05) is 79.2 Å². The van der Waals surface area contributed by atoms with Gasteiger partial charge in [-0.25, -0.2) is 8.42 Å². The normalized spacial score (nSPS) is 21.7. The number of carboxylic acids is 1. The van der Waals surface area contributed by atoms with Gasteiger partial charge in [0.05, 0.1) is 24.4 Å². The Kier molecular flexibility index (Phi) is 11.0. The van der Waals surface area contributed by atoms with Crippen LogP contribution in [0, 0.1) is 5.41 Å². The van der Waals surface area contributed by atoms with Crippen LogP contribution in [0.3, 0.4) is 0 Å². The zero-order chi connectivity index (χ0) is 30.0. The fraction of sp³-hybridized carbons (Fsp3) is 0.438. The third kappa shape index (κ3) is 8.53. The molecule has 0 heterocycles. The number of ether oxygens (including phenoxy) is 1. The first-order valence-corrected chi connectivity index (χ1v) is 16.2. The minimum atomic E-state index is -4.22. The summed E-state index contributed by atoms with van der Waals surface area (Å²) in [6, 6.07) is 19.0. The highest BCUT2D eigenvalue weighted by molar-refractivity contribution is 7.90. The maximum absolute atomic E-state index is 13.9. The molecule has 4 N–H and O–H groups in total. The zero-order valence-corrected chi connectivity index (χ0v) is 24.5. The van der Waals surface area contributed by atoms with Crippen LogP contribution in [0.5, 0.6) is 0 Å². The highest BCUT2D eigenvalue weighted by Crippen LogP contribution is 2.43. The summed E-state index contributed by atoms with van der Waals surface area (Å²) in [6.45, 7) is 0.510. The third-order valence-corrected chi connectivity index (χ3v) is 9.08. The Morgan fingerprint density at radius 2 is 1.67 bits per heavy atom. The van der Waals surface area contributed by atoms with Crippen LogP contribution in [0.1, 0.15) is 68.1 Å². The number of allylic oxidation sites excluding steroid dienone is 2. The number of rotatable bonds is 14. The fourth-order valence-electron chi connectivity index (χ4n) is 5.44. The van der Waals surface area contributed by atoms with E-state index in [1.807, 2.05) is 72.8 Å². The predicted octanol–water partition coefficient (Wildman–Crippen LogP) is 4.19. The fourth-order valence-corrected chi connectivity index (χ4v) is 6.45. The molecule has 2 aliphatic carbocycles. The van der Waals surface area contributed by atoms with Crippen LogP contribution >= 0.6 is 0 Å². The van der Waals surface area contributed by atoms with Crippen molar-refractivity contribution in [3.8, 4) is 0 Å². The van der Waals surface area contributed by atoms with Crippen LogP contribution in [0.25, 0.3) is 0 Å². The number of carbonyl (C=O) groups excluding carboxylic acids is 1. The standard InChI is InChI=1S/C32H40N2O7S/c35-28(25-12-6-2-7-13-25)23-33-20-19-32(31(38)34-42(39,40)21-17-30(36)37)18-16-26(24-10-4-1-5-11-24)22-29(32)41-27-14-8-3-9-15-27/h1-2,4-7,10-13,16,18,22,26-28,33,35H,3,8-9,14-15,17,19-21,23H2,(H,34,38)(H,36,37)/t26?,28-,32?/m0/s1. The van der Waals surface area contributed by atoms with Crippen molar-refractivity contribution in [1.29, 1.82) is 0 Å². The number of aliphatic hydroxyl groups is 1. The molecule has 2 aliphatic rings. The summed E-state index contributed by atoms with van der Waals surface area (Å²) in [5.74, 6) is -2.56. The molecule has 0 aromatic heterocycles. The van der Waals surface area contributed by atoms with Gasteiger partial charge in [-0.3, -0.25) is 14.3 Å². The van der Waals surface area contributed by atoms with Crippen LogP contribution < -0.4 is 10.0 Å². The quantitative estimate of drug-likeness (QED) is 0.188. The number of nitrogens with one attached hydrogen (secondary N) is 2. The Hall–Kier alpha value is -3.47. The largest absolute Gasteiger partial charge is 0.494 e. The summed E-state index contributed by atoms with van der Waals surface area (Å²) in [6.07, 6.45) is 8.99. The minimum absolute atomic E-state index is 0.100. The van der Waals surface area contributed by atoms with Crippen molar-refractivity contribution in [2.75, 3.05) is 18.8 Å². The Morgan fingerprint density at radius 3 is 2.33 bits per heavy atom. The molecular weight excluding hydrogens is 556 g/mol. The number of hydrogen-bond donors (Lipinski definition) is 4. The van der Waals surface area contributed by atoms with E-state index in [1.54, 1.807) is 6.08 Å². The van der Waals surface area contributed by atoms with Gasteiger partial charge >= 0.3 is 5.97 Å². The molecule has 0 aliphatic heterocycles. The molecule has 42 heavy (non-hydrogen) atoms. The van der Waals surface area contributed by atoms with Gasteiger partial charge in [0.1, 0.15) is 11.2 Å². The highest BCUT2D eigenvalue weighted by atomic mass is 32.2. The number of sulfonamides is 1. The van der Waals surface area contributed by atoms with Crippen molar-refractivity contribution in [3.05, 3.63) is 95.8 Å². The summed E-state index contributed by atoms with van der Waals surface area (Å²) >= 11 is 0. The van der Waals surface area contributed by atoms with E-state index in [1.165, 1.54) is 0 Å². The smallest absolute Gasteiger partial charge is 0.304 e. The summed E-state index contributed by atoms with van der Waals surface area (Å²) in [5.41, 5.74) is 0.307. The third-order valence-electron chi connectivity index (χ3n) is 7.85. The SMILES string of the molecule is O=C(O)CCS(=O)(=O)NC(=O)C1(CCNC[C@H](O)c2ccccc2)C=CC(c2ccccc2)C=C1OC1CCCCC1. The maximum atomic E-state index is 13.9. The van der Waals surface area contributed by atoms with Gasteiger partial charge in [-0.2, -0.15) is 0 Å². The maximum Gasteiger partial charge on any atom is 0.304 e. The average molecular weight is 597 g/mol. The van der Waals surface area contributed by atoms with Gasteiger partial charge in [-0.05, 0) is 55.9 Å². The van der Waals surface area contributed by atoms with E-state index in [0.29, 0.717) is 5.76 Å². The second-order valence-corrected chi connectivity index (χ2v) is 12.8. The molecule has 2 unspecified atom stereocenters. The number of benzene rings is 2. The van der Waals surface area contributed by atoms with Crippen LogP contribution in [0.2, 0.25) is 0 Å². The van der Waals surface area contributed by atoms with Crippen LogP contribution in [0.4, 0.5) is 0 Å². The Labute approximate surface area is 247 Å². The number of carbonyl (C=O) groups is 2. The molecule has 0 saturated heterocycles. The monoisotopic (exact) mass is 596 g/mol. The Morgan fingerprint density at radius 1 is 1.00 bits per heavy atom. The van der Waals surface area contributed by atoms with E-state index in [2.05, 4.69) is 10.0 Å². The first-order valence-electron chi connectivity index (χ1n) is 14.5. The van der Waals surface area contributed by atoms with Gasteiger partial charge in [-0.15, -0.1) is 0 Å². The molecule has 226 valence electrons. The summed E-state index contributed by atoms with van der Waals surface area (Å²) < 4.78 is 34.2. The lowest BCUT2D eigenvalue weighted by atomic mass is 9.75. The lowest BCUT2D eigenvalue weighted by Gasteiger charge is -2.38. The van der Waals surface area contributed by atoms with Gasteiger partial charge in [0.15, 0.2) is 0 Å². The van der Waals surface area contributed by atoms with Crippen molar-refractivity contribution in [1.82, 2.24) is 10.0 Å².